The Morgan fingerprint density at radius 1 is 1.37 bits per heavy atom. The summed E-state index contributed by atoms with van der Waals surface area (Å²) < 4.78 is 19.1. The fourth-order valence-electron chi connectivity index (χ4n) is 3.02. The van der Waals surface area contributed by atoms with E-state index in [0.29, 0.717) is 11.3 Å². The Bertz CT molecular complexity index is 402. The molecule has 3 heteroatoms. The van der Waals surface area contributed by atoms with Crippen molar-refractivity contribution in [3.63, 3.8) is 0 Å². The maximum Gasteiger partial charge on any atom is 0.131 e. The number of rotatable bonds is 6. The van der Waals surface area contributed by atoms with Crippen LogP contribution in [0.25, 0.3) is 0 Å². The van der Waals surface area contributed by atoms with Gasteiger partial charge in [0, 0.05) is 11.6 Å². The first-order valence-corrected chi connectivity index (χ1v) is 7.28. The van der Waals surface area contributed by atoms with Gasteiger partial charge in [0.2, 0.25) is 0 Å². The molecule has 2 rings (SSSR count). The summed E-state index contributed by atoms with van der Waals surface area (Å²) in [5, 5.41) is 3.42. The average molecular weight is 265 g/mol. The van der Waals surface area contributed by atoms with Crippen LogP contribution in [0.2, 0.25) is 0 Å². The number of nitrogens with one attached hydrogen (secondary N) is 1. The summed E-state index contributed by atoms with van der Waals surface area (Å²) in [7, 11) is 1.59. The largest absolute Gasteiger partial charge is 0.496 e. The van der Waals surface area contributed by atoms with Gasteiger partial charge in [0.1, 0.15) is 11.6 Å². The van der Waals surface area contributed by atoms with E-state index in [1.807, 2.05) is 13.0 Å². The van der Waals surface area contributed by atoms with Crippen molar-refractivity contribution in [1.29, 1.82) is 0 Å². The molecule has 0 bridgehead atoms. The molecule has 1 aliphatic carbocycles. The van der Waals surface area contributed by atoms with Crippen LogP contribution in [0.4, 0.5) is 4.39 Å². The first kappa shape index (κ1) is 14.3. The van der Waals surface area contributed by atoms with Crippen molar-refractivity contribution < 1.29 is 9.13 Å². The summed E-state index contributed by atoms with van der Waals surface area (Å²) in [5.74, 6) is 1.29. The van der Waals surface area contributed by atoms with Gasteiger partial charge in [-0.05, 0) is 37.9 Å². The summed E-state index contributed by atoms with van der Waals surface area (Å²) in [5.41, 5.74) is 0.636. The van der Waals surface area contributed by atoms with E-state index in [4.69, 9.17) is 4.74 Å². The zero-order chi connectivity index (χ0) is 13.7. The predicted octanol–water partition coefficient (Wildman–Crippen LogP) is 4.07. The Labute approximate surface area is 115 Å². The summed E-state index contributed by atoms with van der Waals surface area (Å²) in [6.45, 7) is 2.94. The van der Waals surface area contributed by atoms with Crippen LogP contribution in [-0.2, 0) is 0 Å². The minimum absolute atomic E-state index is 0.0162. The van der Waals surface area contributed by atoms with Crippen molar-refractivity contribution in [2.45, 2.75) is 45.1 Å². The highest BCUT2D eigenvalue weighted by Crippen LogP contribution is 2.29. The molecule has 1 N–H and O–H groups in total. The van der Waals surface area contributed by atoms with Crippen LogP contribution < -0.4 is 10.1 Å². The van der Waals surface area contributed by atoms with Crippen molar-refractivity contribution in [2.24, 2.45) is 5.92 Å². The second-order valence-electron chi connectivity index (χ2n) is 5.47. The van der Waals surface area contributed by atoms with Crippen molar-refractivity contribution in [3.8, 4) is 5.75 Å². The Morgan fingerprint density at radius 3 is 2.79 bits per heavy atom. The molecule has 1 aromatic rings. The van der Waals surface area contributed by atoms with Gasteiger partial charge in [0.15, 0.2) is 0 Å². The molecule has 106 valence electrons. The normalized spacial score (nSPS) is 17.6. The Balaban J connectivity index is 1.90. The van der Waals surface area contributed by atoms with E-state index in [1.165, 1.54) is 38.2 Å². The molecule has 0 radical (unpaired) electrons. The van der Waals surface area contributed by atoms with Crippen LogP contribution in [0.5, 0.6) is 5.75 Å². The number of halogens is 1. The van der Waals surface area contributed by atoms with Crippen LogP contribution in [0.15, 0.2) is 18.2 Å². The number of benzene rings is 1. The lowest BCUT2D eigenvalue weighted by atomic mass is 10.0. The van der Waals surface area contributed by atoms with Gasteiger partial charge in [-0.25, -0.2) is 4.39 Å². The third kappa shape index (κ3) is 3.69. The van der Waals surface area contributed by atoms with E-state index in [0.717, 1.165) is 12.5 Å². The molecule has 0 aliphatic heterocycles. The van der Waals surface area contributed by atoms with Crippen LogP contribution in [-0.4, -0.2) is 13.7 Å². The van der Waals surface area contributed by atoms with E-state index in [9.17, 15) is 4.39 Å². The van der Waals surface area contributed by atoms with Crippen molar-refractivity contribution in [3.05, 3.63) is 29.6 Å². The van der Waals surface area contributed by atoms with E-state index in [-0.39, 0.29) is 11.9 Å². The summed E-state index contributed by atoms with van der Waals surface area (Å²) in [6, 6.07) is 4.97. The molecule has 0 saturated heterocycles. The maximum absolute atomic E-state index is 13.9. The topological polar surface area (TPSA) is 21.3 Å². The summed E-state index contributed by atoms with van der Waals surface area (Å²) >= 11 is 0. The van der Waals surface area contributed by atoms with Gasteiger partial charge in [-0.15, -0.1) is 0 Å². The lowest BCUT2D eigenvalue weighted by Gasteiger charge is -2.19. The van der Waals surface area contributed by atoms with E-state index < -0.39 is 0 Å². The first-order valence-electron chi connectivity index (χ1n) is 7.28. The molecule has 0 heterocycles. The average Bonchev–Trinajstić information content (AvgIpc) is 2.91. The lowest BCUT2D eigenvalue weighted by molar-refractivity contribution is 0.389. The van der Waals surface area contributed by atoms with E-state index >= 15 is 0 Å². The molecule has 1 atom stereocenters. The molecule has 1 fully saturated rings. The van der Waals surface area contributed by atoms with Crippen molar-refractivity contribution in [2.75, 3.05) is 13.7 Å². The SMILES string of the molecule is COc1cccc(F)c1C(C)NCCC1CCCC1. The third-order valence-electron chi connectivity index (χ3n) is 4.14. The smallest absolute Gasteiger partial charge is 0.131 e. The first-order chi connectivity index (χ1) is 9.22. The summed E-state index contributed by atoms with van der Waals surface area (Å²) in [6.07, 6.45) is 6.67. The molecule has 2 nitrogen and oxygen atoms in total. The van der Waals surface area contributed by atoms with Gasteiger partial charge in [0.25, 0.3) is 0 Å². The standard InChI is InChI=1S/C16H24FNO/c1-12(18-11-10-13-6-3-4-7-13)16-14(17)8-5-9-15(16)19-2/h5,8-9,12-13,18H,3-4,6-7,10-11H2,1-2H3. The quantitative estimate of drug-likeness (QED) is 0.837. The summed E-state index contributed by atoms with van der Waals surface area (Å²) in [4.78, 5) is 0. The van der Waals surface area contributed by atoms with Crippen LogP contribution >= 0.6 is 0 Å². The molecule has 1 aliphatic rings. The van der Waals surface area contributed by atoms with Crippen LogP contribution in [0.1, 0.15) is 50.6 Å². The Morgan fingerprint density at radius 2 is 2.11 bits per heavy atom. The van der Waals surface area contributed by atoms with E-state index in [1.54, 1.807) is 13.2 Å². The highest BCUT2D eigenvalue weighted by molar-refractivity contribution is 5.36. The van der Waals surface area contributed by atoms with Gasteiger partial charge in [-0.3, -0.25) is 0 Å². The number of hydrogen-bond donors (Lipinski definition) is 1. The van der Waals surface area contributed by atoms with E-state index in [2.05, 4.69) is 5.32 Å². The van der Waals surface area contributed by atoms with Gasteiger partial charge in [0.05, 0.1) is 7.11 Å². The second kappa shape index (κ2) is 6.90. The minimum Gasteiger partial charge on any atom is -0.496 e. The Hall–Kier alpha value is -1.09. The zero-order valence-electron chi connectivity index (χ0n) is 11.9. The van der Waals surface area contributed by atoms with Gasteiger partial charge >= 0.3 is 0 Å². The fourth-order valence-corrected chi connectivity index (χ4v) is 3.02. The molecule has 0 aromatic heterocycles. The number of ether oxygens (including phenoxy) is 1. The molecule has 1 saturated carbocycles. The minimum atomic E-state index is -0.194. The van der Waals surface area contributed by atoms with Gasteiger partial charge in [-0.1, -0.05) is 31.7 Å². The molecule has 1 unspecified atom stereocenters. The molecule has 1 aromatic carbocycles. The Kier molecular flexibility index (Phi) is 5.20. The molecule has 0 spiro atoms. The fraction of sp³-hybridized carbons (Fsp3) is 0.625. The van der Waals surface area contributed by atoms with Crippen LogP contribution in [0.3, 0.4) is 0 Å². The lowest BCUT2D eigenvalue weighted by Crippen LogP contribution is -2.22. The molecule has 19 heavy (non-hydrogen) atoms. The predicted molar refractivity (Wildman–Crippen MR) is 75.9 cm³/mol. The third-order valence-corrected chi connectivity index (χ3v) is 4.14. The van der Waals surface area contributed by atoms with Gasteiger partial charge in [-0.2, -0.15) is 0 Å². The molecular weight excluding hydrogens is 241 g/mol. The zero-order valence-corrected chi connectivity index (χ0v) is 11.9. The van der Waals surface area contributed by atoms with Crippen LogP contribution in [0, 0.1) is 11.7 Å². The second-order valence-corrected chi connectivity index (χ2v) is 5.47. The van der Waals surface area contributed by atoms with Gasteiger partial charge < -0.3 is 10.1 Å². The monoisotopic (exact) mass is 265 g/mol. The number of hydrogen-bond acceptors (Lipinski definition) is 2. The highest BCUT2D eigenvalue weighted by atomic mass is 19.1. The molecular formula is C16H24FNO. The van der Waals surface area contributed by atoms with Crippen molar-refractivity contribution >= 4 is 0 Å². The molecule has 0 amide bonds. The number of methoxy groups -OCH3 is 1. The van der Waals surface area contributed by atoms with Crippen molar-refractivity contribution in [1.82, 2.24) is 5.32 Å². The highest BCUT2D eigenvalue weighted by Gasteiger charge is 2.18. The maximum atomic E-state index is 13.9.